The molecule has 0 bridgehead atoms. The van der Waals surface area contributed by atoms with Crippen LogP contribution in [0.4, 0.5) is 0 Å². The highest BCUT2D eigenvalue weighted by molar-refractivity contribution is 5.71. The van der Waals surface area contributed by atoms with E-state index >= 15 is 0 Å². The number of hydrogen-bond donors (Lipinski definition) is 2. The van der Waals surface area contributed by atoms with Crippen LogP contribution in [0, 0.1) is 0 Å². The molecule has 0 saturated carbocycles. The molecule has 6 nitrogen and oxygen atoms in total. The van der Waals surface area contributed by atoms with Crippen molar-refractivity contribution < 1.29 is 19.4 Å². The summed E-state index contributed by atoms with van der Waals surface area (Å²) < 4.78 is 10.4. The van der Waals surface area contributed by atoms with Gasteiger partial charge < -0.3 is 19.6 Å². The average Bonchev–Trinajstić information content (AvgIpc) is 2.85. The Kier molecular flexibility index (Phi) is 3.70. The van der Waals surface area contributed by atoms with E-state index in [1.165, 1.54) is 0 Å². The lowest BCUT2D eigenvalue weighted by molar-refractivity contribution is -0.136. The summed E-state index contributed by atoms with van der Waals surface area (Å²) in [7, 11) is 3.15. The maximum Gasteiger partial charge on any atom is 0.311 e. The second kappa shape index (κ2) is 5.43. The van der Waals surface area contributed by atoms with Gasteiger partial charge in [-0.1, -0.05) is 0 Å². The van der Waals surface area contributed by atoms with E-state index in [-0.39, 0.29) is 6.42 Å². The molecule has 0 aliphatic rings. The number of aromatic amines is 1. The van der Waals surface area contributed by atoms with Gasteiger partial charge in [0.05, 0.1) is 26.1 Å². The first-order chi connectivity index (χ1) is 9.13. The van der Waals surface area contributed by atoms with Crippen LogP contribution in [0.1, 0.15) is 5.82 Å². The highest BCUT2D eigenvalue weighted by Crippen LogP contribution is 2.32. The minimum atomic E-state index is -0.932. The largest absolute Gasteiger partial charge is 0.497 e. The van der Waals surface area contributed by atoms with Crippen LogP contribution in [0.25, 0.3) is 11.3 Å². The molecule has 1 aromatic heterocycles. The molecule has 0 fully saturated rings. The summed E-state index contributed by atoms with van der Waals surface area (Å²) >= 11 is 0. The molecule has 0 aliphatic carbocycles. The van der Waals surface area contributed by atoms with Crippen LogP contribution in [0.3, 0.4) is 0 Å². The standard InChI is InChI=1S/C13H14N2O4/c1-18-8-3-4-11(19-2)9(5-8)10-7-14-12(15-10)6-13(16)17/h3-5,7H,6H2,1-2H3,(H,14,15)(H,16,17). The molecule has 0 radical (unpaired) electrons. The van der Waals surface area contributed by atoms with Crippen molar-refractivity contribution in [2.24, 2.45) is 0 Å². The first-order valence-corrected chi connectivity index (χ1v) is 5.62. The molecule has 1 heterocycles. The van der Waals surface area contributed by atoms with Gasteiger partial charge in [0.15, 0.2) is 0 Å². The Balaban J connectivity index is 2.39. The molecule has 0 atom stereocenters. The van der Waals surface area contributed by atoms with Crippen LogP contribution in [0.5, 0.6) is 11.5 Å². The quantitative estimate of drug-likeness (QED) is 0.857. The normalized spacial score (nSPS) is 10.2. The summed E-state index contributed by atoms with van der Waals surface area (Å²) in [6, 6.07) is 5.37. The Bertz CT molecular complexity index is 592. The smallest absolute Gasteiger partial charge is 0.311 e. The molecule has 100 valence electrons. The summed E-state index contributed by atoms with van der Waals surface area (Å²) in [6.07, 6.45) is 1.43. The lowest BCUT2D eigenvalue weighted by atomic mass is 10.1. The maximum atomic E-state index is 10.6. The Morgan fingerprint density at radius 2 is 2.16 bits per heavy atom. The van der Waals surface area contributed by atoms with Crippen molar-refractivity contribution in [2.45, 2.75) is 6.42 Å². The molecule has 0 unspecified atom stereocenters. The fourth-order valence-corrected chi connectivity index (χ4v) is 1.76. The number of ether oxygens (including phenoxy) is 2. The van der Waals surface area contributed by atoms with E-state index in [1.807, 2.05) is 0 Å². The lowest BCUT2D eigenvalue weighted by Gasteiger charge is -2.08. The van der Waals surface area contributed by atoms with Crippen LogP contribution in [0.15, 0.2) is 24.4 Å². The predicted molar refractivity (Wildman–Crippen MR) is 68.5 cm³/mol. The van der Waals surface area contributed by atoms with Gasteiger partial charge in [-0.05, 0) is 18.2 Å². The van der Waals surface area contributed by atoms with Gasteiger partial charge in [0, 0.05) is 5.56 Å². The van der Waals surface area contributed by atoms with Gasteiger partial charge in [0.25, 0.3) is 0 Å². The van der Waals surface area contributed by atoms with Gasteiger partial charge in [-0.15, -0.1) is 0 Å². The number of carbonyl (C=O) groups is 1. The van der Waals surface area contributed by atoms with Crippen LogP contribution in [-0.2, 0) is 11.2 Å². The van der Waals surface area contributed by atoms with Crippen molar-refractivity contribution in [2.75, 3.05) is 14.2 Å². The zero-order valence-electron chi connectivity index (χ0n) is 10.6. The van der Waals surface area contributed by atoms with Gasteiger partial charge in [0.2, 0.25) is 0 Å². The van der Waals surface area contributed by atoms with E-state index in [9.17, 15) is 4.79 Å². The number of rotatable bonds is 5. The monoisotopic (exact) mass is 262 g/mol. The Morgan fingerprint density at radius 3 is 2.79 bits per heavy atom. The van der Waals surface area contributed by atoms with Gasteiger partial charge in [-0.25, -0.2) is 4.98 Å². The molecule has 19 heavy (non-hydrogen) atoms. The van der Waals surface area contributed by atoms with E-state index in [2.05, 4.69) is 9.97 Å². The number of nitrogens with zero attached hydrogens (tertiary/aromatic N) is 1. The van der Waals surface area contributed by atoms with E-state index in [4.69, 9.17) is 14.6 Å². The van der Waals surface area contributed by atoms with Crippen LogP contribution < -0.4 is 9.47 Å². The number of aliphatic carboxylic acids is 1. The third-order valence-corrected chi connectivity index (χ3v) is 2.64. The van der Waals surface area contributed by atoms with Crippen molar-refractivity contribution in [3.8, 4) is 22.8 Å². The van der Waals surface area contributed by atoms with Crippen LogP contribution >= 0.6 is 0 Å². The fourth-order valence-electron chi connectivity index (χ4n) is 1.76. The average molecular weight is 262 g/mol. The van der Waals surface area contributed by atoms with Crippen molar-refractivity contribution in [1.29, 1.82) is 0 Å². The minimum absolute atomic E-state index is 0.147. The van der Waals surface area contributed by atoms with E-state index in [0.717, 1.165) is 5.56 Å². The van der Waals surface area contributed by atoms with Crippen LogP contribution in [-0.4, -0.2) is 35.3 Å². The fraction of sp³-hybridized carbons (Fsp3) is 0.231. The van der Waals surface area contributed by atoms with E-state index in [1.54, 1.807) is 38.6 Å². The molecule has 2 rings (SSSR count). The van der Waals surface area contributed by atoms with E-state index < -0.39 is 5.97 Å². The first kappa shape index (κ1) is 12.9. The van der Waals surface area contributed by atoms with Gasteiger partial charge in [0.1, 0.15) is 23.7 Å². The Hall–Kier alpha value is -2.50. The number of aromatic nitrogens is 2. The third-order valence-electron chi connectivity index (χ3n) is 2.64. The number of carboxylic acids is 1. The SMILES string of the molecule is COc1ccc(OC)c(-c2cnc(CC(=O)O)[nH]2)c1. The number of carboxylic acid groups (broad SMARTS) is 1. The van der Waals surface area contributed by atoms with Gasteiger partial charge in [-0.3, -0.25) is 4.79 Å². The van der Waals surface area contributed by atoms with E-state index in [0.29, 0.717) is 23.0 Å². The molecule has 0 amide bonds. The minimum Gasteiger partial charge on any atom is -0.497 e. The molecule has 2 aromatic rings. The zero-order valence-corrected chi connectivity index (χ0v) is 10.6. The highest BCUT2D eigenvalue weighted by Gasteiger charge is 2.11. The van der Waals surface area contributed by atoms with Crippen molar-refractivity contribution in [3.63, 3.8) is 0 Å². The number of imidazole rings is 1. The number of hydrogen-bond acceptors (Lipinski definition) is 4. The number of benzene rings is 1. The topological polar surface area (TPSA) is 84.4 Å². The van der Waals surface area contributed by atoms with Crippen molar-refractivity contribution >= 4 is 5.97 Å². The van der Waals surface area contributed by atoms with Gasteiger partial charge >= 0.3 is 5.97 Å². The Labute approximate surface area is 110 Å². The summed E-state index contributed by atoms with van der Waals surface area (Å²) in [5, 5.41) is 8.72. The second-order valence-electron chi connectivity index (χ2n) is 3.88. The van der Waals surface area contributed by atoms with Gasteiger partial charge in [-0.2, -0.15) is 0 Å². The summed E-state index contributed by atoms with van der Waals surface area (Å²) in [4.78, 5) is 17.6. The summed E-state index contributed by atoms with van der Waals surface area (Å²) in [6.45, 7) is 0. The summed E-state index contributed by atoms with van der Waals surface area (Å²) in [5.41, 5.74) is 1.46. The number of H-pyrrole nitrogens is 1. The summed E-state index contributed by atoms with van der Waals surface area (Å²) in [5.74, 6) is 0.808. The van der Waals surface area contributed by atoms with Crippen molar-refractivity contribution in [3.05, 3.63) is 30.2 Å². The first-order valence-electron chi connectivity index (χ1n) is 5.62. The molecule has 1 aromatic carbocycles. The second-order valence-corrected chi connectivity index (χ2v) is 3.88. The molecule has 2 N–H and O–H groups in total. The predicted octanol–water partition coefficient (Wildman–Crippen LogP) is 1.72. The maximum absolute atomic E-state index is 10.6. The molecular weight excluding hydrogens is 248 g/mol. The molecule has 0 aliphatic heterocycles. The van der Waals surface area contributed by atoms with Crippen molar-refractivity contribution in [1.82, 2.24) is 9.97 Å². The number of nitrogens with one attached hydrogen (secondary N) is 1. The molecule has 0 spiro atoms. The Morgan fingerprint density at radius 1 is 1.37 bits per heavy atom. The molecule has 6 heteroatoms. The lowest BCUT2D eigenvalue weighted by Crippen LogP contribution is -2.01. The third kappa shape index (κ3) is 2.85. The molecule has 0 saturated heterocycles. The molecular formula is C13H14N2O4. The number of methoxy groups -OCH3 is 2. The highest BCUT2D eigenvalue weighted by atomic mass is 16.5. The zero-order chi connectivity index (χ0) is 13.8. The van der Waals surface area contributed by atoms with Crippen LogP contribution in [0.2, 0.25) is 0 Å².